The Balaban J connectivity index is 0.00000161. The van der Waals surface area contributed by atoms with Crippen molar-refractivity contribution in [3.63, 3.8) is 0 Å². The average molecular weight is 306 g/mol. The molecule has 0 saturated heterocycles. The van der Waals surface area contributed by atoms with Crippen LogP contribution in [0.3, 0.4) is 0 Å². The van der Waals surface area contributed by atoms with Gasteiger partial charge in [0.15, 0.2) is 11.5 Å². The van der Waals surface area contributed by atoms with Crippen LogP contribution in [0.5, 0.6) is 11.5 Å². The van der Waals surface area contributed by atoms with E-state index in [0.717, 1.165) is 31.1 Å². The lowest BCUT2D eigenvalue weighted by atomic mass is 10.1. The van der Waals surface area contributed by atoms with E-state index in [1.807, 2.05) is 24.3 Å². The van der Waals surface area contributed by atoms with Crippen LogP contribution in [0.25, 0.3) is 0 Å². The molecule has 1 aliphatic rings. The molecule has 0 spiro atoms. The quantitative estimate of drug-likeness (QED) is 0.844. The molecule has 1 heterocycles. The van der Waals surface area contributed by atoms with Gasteiger partial charge in [0, 0.05) is 19.6 Å². The number of nitrogens with zero attached hydrogens (tertiary/aromatic N) is 1. The number of rotatable bonds is 5. The fourth-order valence-electron chi connectivity index (χ4n) is 2.58. The predicted octanol–water partition coefficient (Wildman–Crippen LogP) is 3.51. The third-order valence-electron chi connectivity index (χ3n) is 3.64. The standard InChI is InChI=1S/C17H19NO2.ClH/c1-19-16-8-4-5-9-17(16)20-11-10-18-12-14-6-2-3-7-15(14)13-18;/h2-9H,10-13H2,1H3;1H. The minimum Gasteiger partial charge on any atom is -0.493 e. The molecule has 2 aromatic rings. The number of benzene rings is 2. The molecule has 1 aliphatic heterocycles. The molecule has 0 N–H and O–H groups in total. The van der Waals surface area contributed by atoms with Gasteiger partial charge in [-0.05, 0) is 23.3 Å². The molecule has 0 atom stereocenters. The number of halogens is 1. The number of fused-ring (bicyclic) bond motifs is 1. The smallest absolute Gasteiger partial charge is 0.161 e. The third-order valence-corrected chi connectivity index (χ3v) is 3.64. The van der Waals surface area contributed by atoms with Gasteiger partial charge in [-0.25, -0.2) is 0 Å². The monoisotopic (exact) mass is 305 g/mol. The molecule has 2 aromatic carbocycles. The van der Waals surface area contributed by atoms with Crippen LogP contribution in [-0.2, 0) is 13.1 Å². The summed E-state index contributed by atoms with van der Waals surface area (Å²) in [6.45, 7) is 3.64. The van der Waals surface area contributed by atoms with Gasteiger partial charge in [0.1, 0.15) is 6.61 Å². The van der Waals surface area contributed by atoms with Gasteiger partial charge in [-0.1, -0.05) is 36.4 Å². The van der Waals surface area contributed by atoms with E-state index in [4.69, 9.17) is 9.47 Å². The fourth-order valence-corrected chi connectivity index (χ4v) is 2.58. The van der Waals surface area contributed by atoms with E-state index in [1.165, 1.54) is 11.1 Å². The summed E-state index contributed by atoms with van der Waals surface area (Å²) in [6, 6.07) is 16.4. The van der Waals surface area contributed by atoms with Crippen molar-refractivity contribution in [2.75, 3.05) is 20.3 Å². The Hall–Kier alpha value is -1.71. The van der Waals surface area contributed by atoms with Crippen LogP contribution < -0.4 is 9.47 Å². The van der Waals surface area contributed by atoms with E-state index >= 15 is 0 Å². The van der Waals surface area contributed by atoms with Crippen LogP contribution in [0.1, 0.15) is 11.1 Å². The second-order valence-electron chi connectivity index (χ2n) is 4.98. The van der Waals surface area contributed by atoms with E-state index in [2.05, 4.69) is 29.2 Å². The molecule has 0 aliphatic carbocycles. The summed E-state index contributed by atoms with van der Waals surface area (Å²) in [6.07, 6.45) is 0. The molecule has 3 nitrogen and oxygen atoms in total. The summed E-state index contributed by atoms with van der Waals surface area (Å²) < 4.78 is 11.1. The lowest BCUT2D eigenvalue weighted by Gasteiger charge is -2.16. The molecule has 112 valence electrons. The van der Waals surface area contributed by atoms with Crippen LogP contribution >= 0.6 is 12.4 Å². The zero-order valence-electron chi connectivity index (χ0n) is 12.1. The highest BCUT2D eigenvalue weighted by molar-refractivity contribution is 5.85. The van der Waals surface area contributed by atoms with Crippen LogP contribution in [0.2, 0.25) is 0 Å². The SMILES string of the molecule is COc1ccccc1OCCN1Cc2ccccc2C1.Cl. The maximum absolute atomic E-state index is 5.82. The molecule has 0 unspecified atom stereocenters. The van der Waals surface area contributed by atoms with Crippen LogP contribution in [-0.4, -0.2) is 25.2 Å². The molecule has 21 heavy (non-hydrogen) atoms. The number of hydrogen-bond acceptors (Lipinski definition) is 3. The van der Waals surface area contributed by atoms with Crippen molar-refractivity contribution < 1.29 is 9.47 Å². The van der Waals surface area contributed by atoms with Gasteiger partial charge in [0.2, 0.25) is 0 Å². The van der Waals surface area contributed by atoms with Crippen molar-refractivity contribution in [3.8, 4) is 11.5 Å². The largest absolute Gasteiger partial charge is 0.493 e. The van der Waals surface area contributed by atoms with Crippen molar-refractivity contribution in [1.29, 1.82) is 0 Å². The van der Waals surface area contributed by atoms with E-state index in [-0.39, 0.29) is 12.4 Å². The highest BCUT2D eigenvalue weighted by Crippen LogP contribution is 2.26. The Morgan fingerprint density at radius 1 is 0.905 bits per heavy atom. The van der Waals surface area contributed by atoms with Crippen LogP contribution in [0.4, 0.5) is 0 Å². The summed E-state index contributed by atoms with van der Waals surface area (Å²) in [4.78, 5) is 2.40. The Kier molecular flexibility index (Phi) is 5.48. The van der Waals surface area contributed by atoms with Crippen LogP contribution in [0.15, 0.2) is 48.5 Å². The second kappa shape index (κ2) is 7.34. The minimum atomic E-state index is 0. The summed E-state index contributed by atoms with van der Waals surface area (Å²) in [5.74, 6) is 1.60. The fraction of sp³-hybridized carbons (Fsp3) is 0.294. The predicted molar refractivity (Wildman–Crippen MR) is 86.3 cm³/mol. The van der Waals surface area contributed by atoms with Crippen molar-refractivity contribution in [2.45, 2.75) is 13.1 Å². The first-order valence-electron chi connectivity index (χ1n) is 6.92. The Morgan fingerprint density at radius 3 is 2.10 bits per heavy atom. The summed E-state index contributed by atoms with van der Waals surface area (Å²) in [7, 11) is 1.67. The first-order chi connectivity index (χ1) is 9.86. The lowest BCUT2D eigenvalue weighted by Crippen LogP contribution is -2.23. The van der Waals surface area contributed by atoms with Gasteiger partial charge >= 0.3 is 0 Å². The number of hydrogen-bond donors (Lipinski definition) is 0. The average Bonchev–Trinajstić information content (AvgIpc) is 2.90. The molecule has 3 rings (SSSR count). The molecular weight excluding hydrogens is 286 g/mol. The lowest BCUT2D eigenvalue weighted by molar-refractivity contribution is 0.206. The maximum Gasteiger partial charge on any atom is 0.161 e. The van der Waals surface area contributed by atoms with Crippen molar-refractivity contribution in [1.82, 2.24) is 4.90 Å². The van der Waals surface area contributed by atoms with Crippen molar-refractivity contribution >= 4 is 12.4 Å². The molecule has 0 amide bonds. The molecular formula is C17H20ClNO2. The van der Waals surface area contributed by atoms with E-state index < -0.39 is 0 Å². The van der Waals surface area contributed by atoms with E-state index in [0.29, 0.717) is 6.61 Å². The molecule has 0 aromatic heterocycles. The Morgan fingerprint density at radius 2 is 1.48 bits per heavy atom. The minimum absolute atomic E-state index is 0. The molecule has 0 fully saturated rings. The molecule has 0 saturated carbocycles. The maximum atomic E-state index is 5.82. The molecule has 4 heteroatoms. The zero-order chi connectivity index (χ0) is 13.8. The normalized spacial score (nSPS) is 13.4. The Labute approximate surface area is 131 Å². The third kappa shape index (κ3) is 3.69. The Bertz CT molecular complexity index is 564. The number of ether oxygens (including phenoxy) is 2. The van der Waals surface area contributed by atoms with Crippen molar-refractivity contribution in [3.05, 3.63) is 59.7 Å². The molecule has 0 bridgehead atoms. The number of para-hydroxylation sites is 2. The van der Waals surface area contributed by atoms with E-state index in [9.17, 15) is 0 Å². The highest BCUT2D eigenvalue weighted by atomic mass is 35.5. The van der Waals surface area contributed by atoms with E-state index in [1.54, 1.807) is 7.11 Å². The highest BCUT2D eigenvalue weighted by Gasteiger charge is 2.17. The first kappa shape index (κ1) is 15.7. The summed E-state index contributed by atoms with van der Waals surface area (Å²) in [5, 5.41) is 0. The first-order valence-corrected chi connectivity index (χ1v) is 6.92. The topological polar surface area (TPSA) is 21.7 Å². The van der Waals surface area contributed by atoms with Gasteiger partial charge < -0.3 is 9.47 Å². The van der Waals surface area contributed by atoms with Crippen molar-refractivity contribution in [2.24, 2.45) is 0 Å². The number of methoxy groups -OCH3 is 1. The second-order valence-corrected chi connectivity index (χ2v) is 4.98. The zero-order valence-corrected chi connectivity index (χ0v) is 12.9. The van der Waals surface area contributed by atoms with Crippen LogP contribution in [0, 0.1) is 0 Å². The van der Waals surface area contributed by atoms with Gasteiger partial charge in [-0.2, -0.15) is 0 Å². The summed E-state index contributed by atoms with van der Waals surface area (Å²) in [5.41, 5.74) is 2.87. The summed E-state index contributed by atoms with van der Waals surface area (Å²) >= 11 is 0. The van der Waals surface area contributed by atoms with Gasteiger partial charge in [0.25, 0.3) is 0 Å². The molecule has 0 radical (unpaired) electrons. The van der Waals surface area contributed by atoms with Gasteiger partial charge in [-0.15, -0.1) is 12.4 Å². The van der Waals surface area contributed by atoms with Gasteiger partial charge in [-0.3, -0.25) is 4.90 Å². The van der Waals surface area contributed by atoms with Gasteiger partial charge in [0.05, 0.1) is 7.11 Å².